The summed E-state index contributed by atoms with van der Waals surface area (Å²) in [5, 5.41) is 10.1. The lowest BCUT2D eigenvalue weighted by Crippen LogP contribution is -2.46. The molecule has 1 aromatic carbocycles. The molecule has 2 heterocycles. The lowest BCUT2D eigenvalue weighted by Gasteiger charge is -2.32. The highest BCUT2D eigenvalue weighted by Crippen LogP contribution is 2.30. The number of nitrogens with one attached hydrogen (secondary N) is 1. The molecule has 1 amide bonds. The van der Waals surface area contributed by atoms with E-state index in [2.05, 4.69) is 36.8 Å². The molecule has 0 bridgehead atoms. The molecule has 1 atom stereocenters. The normalized spacial score (nSPS) is 19.2. The van der Waals surface area contributed by atoms with Crippen LogP contribution in [0, 0.1) is 0 Å². The van der Waals surface area contributed by atoms with E-state index >= 15 is 0 Å². The Bertz CT molecular complexity index is 686. The molecule has 1 aromatic heterocycles. The van der Waals surface area contributed by atoms with E-state index in [0.29, 0.717) is 25.3 Å². The first-order valence-electron chi connectivity index (χ1n) is 6.58. The van der Waals surface area contributed by atoms with E-state index in [9.17, 15) is 9.90 Å². The van der Waals surface area contributed by atoms with Gasteiger partial charge in [0, 0.05) is 39.1 Å². The molecule has 0 spiro atoms. The third kappa shape index (κ3) is 2.88. The monoisotopic (exact) mass is 416 g/mol. The maximum atomic E-state index is 12.7. The van der Waals surface area contributed by atoms with Crippen molar-refractivity contribution in [3.05, 3.63) is 32.8 Å². The highest BCUT2D eigenvalue weighted by atomic mass is 79.9. The molecular weight excluding hydrogens is 404 g/mol. The van der Waals surface area contributed by atoms with Gasteiger partial charge in [-0.1, -0.05) is 0 Å². The number of aromatic amines is 1. The van der Waals surface area contributed by atoms with E-state index < -0.39 is 0 Å². The van der Waals surface area contributed by atoms with Crippen LogP contribution >= 0.6 is 31.9 Å². The number of hydrogen-bond donors (Lipinski definition) is 2. The zero-order valence-corrected chi connectivity index (χ0v) is 14.3. The Morgan fingerprint density at radius 2 is 2.19 bits per heavy atom. The molecule has 0 radical (unpaired) electrons. The SMILES string of the molecule is O=C(c1c[nH]c2cc(Br)c(Br)cc12)N1CCOC(CO)C1. The fourth-order valence-electron chi connectivity index (χ4n) is 2.48. The second-order valence-electron chi connectivity index (χ2n) is 4.94. The Labute approximate surface area is 138 Å². The number of aliphatic hydroxyl groups is 1. The summed E-state index contributed by atoms with van der Waals surface area (Å²) in [6, 6.07) is 3.86. The van der Waals surface area contributed by atoms with Crippen LogP contribution in [0.1, 0.15) is 10.4 Å². The maximum absolute atomic E-state index is 12.7. The van der Waals surface area contributed by atoms with E-state index in [4.69, 9.17) is 4.74 Å². The van der Waals surface area contributed by atoms with Crippen molar-refractivity contribution in [3.8, 4) is 0 Å². The summed E-state index contributed by atoms with van der Waals surface area (Å²) in [7, 11) is 0. The summed E-state index contributed by atoms with van der Waals surface area (Å²) in [6.45, 7) is 1.34. The summed E-state index contributed by atoms with van der Waals surface area (Å²) in [4.78, 5) is 17.5. The van der Waals surface area contributed by atoms with Crippen LogP contribution in [0.5, 0.6) is 0 Å². The first kappa shape index (κ1) is 15.0. The predicted octanol–water partition coefficient (Wildman–Crippen LogP) is 2.53. The number of carbonyl (C=O) groups is 1. The molecule has 2 aromatic rings. The van der Waals surface area contributed by atoms with Gasteiger partial charge in [0.25, 0.3) is 5.91 Å². The van der Waals surface area contributed by atoms with Gasteiger partial charge in [-0.05, 0) is 44.0 Å². The number of fused-ring (bicyclic) bond motifs is 1. The quantitative estimate of drug-likeness (QED) is 0.788. The number of benzene rings is 1. The van der Waals surface area contributed by atoms with Gasteiger partial charge in [0.15, 0.2) is 0 Å². The van der Waals surface area contributed by atoms with Crippen LogP contribution in [-0.2, 0) is 4.74 Å². The molecule has 1 fully saturated rings. The van der Waals surface area contributed by atoms with Gasteiger partial charge in [-0.3, -0.25) is 4.79 Å². The smallest absolute Gasteiger partial charge is 0.256 e. The number of carbonyl (C=O) groups excluding carboxylic acids is 1. The molecule has 112 valence electrons. The zero-order chi connectivity index (χ0) is 15.0. The molecule has 1 aliphatic heterocycles. The van der Waals surface area contributed by atoms with Gasteiger partial charge in [0.2, 0.25) is 0 Å². The highest BCUT2D eigenvalue weighted by molar-refractivity contribution is 9.13. The first-order valence-corrected chi connectivity index (χ1v) is 8.16. The minimum absolute atomic E-state index is 0.0442. The number of nitrogens with zero attached hydrogens (tertiary/aromatic N) is 1. The third-order valence-corrected chi connectivity index (χ3v) is 5.43. The van der Waals surface area contributed by atoms with Crippen molar-refractivity contribution in [1.29, 1.82) is 0 Å². The third-order valence-electron chi connectivity index (χ3n) is 3.58. The van der Waals surface area contributed by atoms with Crippen LogP contribution in [0.2, 0.25) is 0 Å². The van der Waals surface area contributed by atoms with Crippen LogP contribution in [0.15, 0.2) is 27.3 Å². The van der Waals surface area contributed by atoms with E-state index in [1.807, 2.05) is 12.1 Å². The van der Waals surface area contributed by atoms with Crippen LogP contribution in [0.3, 0.4) is 0 Å². The summed E-state index contributed by atoms with van der Waals surface area (Å²) in [5.74, 6) is -0.0442. The number of aromatic nitrogens is 1. The molecule has 1 saturated heterocycles. The molecule has 21 heavy (non-hydrogen) atoms. The fraction of sp³-hybridized carbons (Fsp3) is 0.357. The number of H-pyrrole nitrogens is 1. The maximum Gasteiger partial charge on any atom is 0.256 e. The van der Waals surface area contributed by atoms with Crippen LogP contribution in [0.4, 0.5) is 0 Å². The lowest BCUT2D eigenvalue weighted by molar-refractivity contribution is -0.0446. The van der Waals surface area contributed by atoms with Crippen molar-refractivity contribution < 1.29 is 14.6 Å². The molecule has 1 unspecified atom stereocenters. The minimum Gasteiger partial charge on any atom is -0.394 e. The van der Waals surface area contributed by atoms with Crippen molar-refractivity contribution in [2.75, 3.05) is 26.3 Å². The molecule has 3 rings (SSSR count). The summed E-state index contributed by atoms with van der Waals surface area (Å²) < 4.78 is 7.22. The van der Waals surface area contributed by atoms with Gasteiger partial charge in [-0.15, -0.1) is 0 Å². The van der Waals surface area contributed by atoms with E-state index in [-0.39, 0.29) is 18.6 Å². The Morgan fingerprint density at radius 3 is 2.95 bits per heavy atom. The highest BCUT2D eigenvalue weighted by Gasteiger charge is 2.26. The van der Waals surface area contributed by atoms with Crippen molar-refractivity contribution in [3.63, 3.8) is 0 Å². The van der Waals surface area contributed by atoms with E-state index in [1.54, 1.807) is 11.1 Å². The fourth-order valence-corrected chi connectivity index (χ4v) is 3.17. The van der Waals surface area contributed by atoms with Crippen molar-refractivity contribution in [2.24, 2.45) is 0 Å². The molecule has 5 nitrogen and oxygen atoms in total. The number of morpholine rings is 1. The molecular formula is C14H14Br2N2O3. The van der Waals surface area contributed by atoms with Gasteiger partial charge in [-0.2, -0.15) is 0 Å². The minimum atomic E-state index is -0.297. The topological polar surface area (TPSA) is 65.6 Å². The molecule has 0 aliphatic carbocycles. The summed E-state index contributed by atoms with van der Waals surface area (Å²) >= 11 is 6.91. The van der Waals surface area contributed by atoms with Gasteiger partial charge in [0.1, 0.15) is 0 Å². The second kappa shape index (κ2) is 6.08. The van der Waals surface area contributed by atoms with Gasteiger partial charge < -0.3 is 19.7 Å². The Kier molecular flexibility index (Phi) is 4.35. The molecule has 7 heteroatoms. The summed E-state index contributed by atoms with van der Waals surface area (Å²) in [6.07, 6.45) is 1.43. The predicted molar refractivity (Wildman–Crippen MR) is 86.4 cm³/mol. The van der Waals surface area contributed by atoms with Crippen LogP contribution in [0.25, 0.3) is 10.9 Å². The van der Waals surface area contributed by atoms with Crippen molar-refractivity contribution in [1.82, 2.24) is 9.88 Å². The number of ether oxygens (including phenoxy) is 1. The van der Waals surface area contributed by atoms with Crippen LogP contribution < -0.4 is 0 Å². The molecule has 0 saturated carbocycles. The number of aliphatic hydroxyl groups excluding tert-OH is 1. The summed E-state index contributed by atoms with van der Waals surface area (Å²) in [5.41, 5.74) is 1.54. The van der Waals surface area contributed by atoms with Crippen molar-refractivity contribution >= 4 is 48.7 Å². The zero-order valence-electron chi connectivity index (χ0n) is 11.1. The Balaban J connectivity index is 1.93. The average molecular weight is 418 g/mol. The Hall–Kier alpha value is -0.890. The average Bonchev–Trinajstić information content (AvgIpc) is 2.89. The van der Waals surface area contributed by atoms with Gasteiger partial charge >= 0.3 is 0 Å². The molecule has 1 aliphatic rings. The first-order chi connectivity index (χ1) is 10.1. The number of amides is 1. The van der Waals surface area contributed by atoms with Crippen molar-refractivity contribution in [2.45, 2.75) is 6.10 Å². The number of hydrogen-bond acceptors (Lipinski definition) is 3. The standard InChI is InChI=1S/C14H14Br2N2O3/c15-11-3-9-10(5-17-13(9)4-12(11)16)14(20)18-1-2-21-8(6-18)7-19/h3-5,8,17,19H,1-2,6-7H2. The second-order valence-corrected chi connectivity index (χ2v) is 6.65. The lowest BCUT2D eigenvalue weighted by atomic mass is 10.1. The number of rotatable bonds is 2. The van der Waals surface area contributed by atoms with Crippen LogP contribution in [-0.4, -0.2) is 53.3 Å². The Morgan fingerprint density at radius 1 is 1.43 bits per heavy atom. The van der Waals surface area contributed by atoms with Gasteiger partial charge in [0.05, 0.1) is 24.9 Å². The largest absolute Gasteiger partial charge is 0.394 e. The number of halogens is 2. The van der Waals surface area contributed by atoms with Gasteiger partial charge in [-0.25, -0.2) is 0 Å². The molecule has 2 N–H and O–H groups in total. The van der Waals surface area contributed by atoms with E-state index in [1.165, 1.54) is 0 Å². The van der Waals surface area contributed by atoms with E-state index in [0.717, 1.165) is 19.8 Å².